The summed E-state index contributed by atoms with van der Waals surface area (Å²) in [4.78, 5) is 21.3. The van der Waals surface area contributed by atoms with Gasteiger partial charge >= 0.3 is 5.69 Å². The molecule has 2 aromatic heterocycles. The van der Waals surface area contributed by atoms with Gasteiger partial charge in [-0.25, -0.2) is 32.5 Å². The van der Waals surface area contributed by atoms with Crippen molar-refractivity contribution in [1.29, 1.82) is 0 Å². The minimum Gasteiger partial charge on any atom is -0.491 e. The normalized spacial score (nSPS) is 19.6. The predicted octanol–water partition coefficient (Wildman–Crippen LogP) is 4.23. The van der Waals surface area contributed by atoms with Gasteiger partial charge in [0.25, 0.3) is 0 Å². The first-order chi connectivity index (χ1) is 23.8. The lowest BCUT2D eigenvalue weighted by molar-refractivity contribution is -0.192. The molecule has 14 heteroatoms. The number of hydrogen-bond donors (Lipinski definition) is 0. The lowest BCUT2D eigenvalue weighted by Gasteiger charge is -2.37. The molecule has 3 aromatic carbocycles. The van der Waals surface area contributed by atoms with E-state index in [0.717, 1.165) is 49.3 Å². The van der Waals surface area contributed by atoms with Gasteiger partial charge in [-0.05, 0) is 66.6 Å². The van der Waals surface area contributed by atoms with Crippen LogP contribution in [0, 0.1) is 17.6 Å². The molecule has 2 atom stereocenters. The molecular weight excluding hydrogens is 634 g/mol. The quantitative estimate of drug-likeness (QED) is 0.204. The standard InChI is InChI=1S/C35H38F2N8O4/c1-25(2)18-45-34(46)44(24-40-45)29-6-4-27(5-7-29)41-13-15-42(16-14-41)28-8-10-30(11-9-28)47-19-31-20-48-35(49-31,21-43-23-38-22-39-43)32-12-3-26(36)17-33(32)37/h3-12,17,22-25,31H,13-16,18-21H2,1-2H3/t31-,35-/m1/s1. The summed E-state index contributed by atoms with van der Waals surface area (Å²) in [6, 6.07) is 19.2. The third-order valence-corrected chi connectivity index (χ3v) is 8.72. The highest BCUT2D eigenvalue weighted by atomic mass is 19.1. The van der Waals surface area contributed by atoms with E-state index < -0.39 is 23.5 Å². The fraction of sp³-hybridized carbons (Fsp3) is 0.371. The van der Waals surface area contributed by atoms with E-state index in [4.69, 9.17) is 14.2 Å². The van der Waals surface area contributed by atoms with Crippen molar-refractivity contribution in [2.75, 3.05) is 49.2 Å². The number of hydrogen-bond acceptors (Lipinski definition) is 9. The molecule has 0 amide bonds. The van der Waals surface area contributed by atoms with Crippen LogP contribution in [-0.4, -0.2) is 74.6 Å². The van der Waals surface area contributed by atoms with Crippen molar-refractivity contribution in [2.24, 2.45) is 5.92 Å². The van der Waals surface area contributed by atoms with E-state index in [1.54, 1.807) is 10.9 Å². The Balaban J connectivity index is 0.922. The van der Waals surface area contributed by atoms with Crippen molar-refractivity contribution in [1.82, 2.24) is 29.1 Å². The Morgan fingerprint density at radius 3 is 2.20 bits per heavy atom. The van der Waals surface area contributed by atoms with Gasteiger partial charge in [-0.3, -0.25) is 0 Å². The molecule has 0 unspecified atom stereocenters. The minimum absolute atomic E-state index is 0.0334. The van der Waals surface area contributed by atoms with Gasteiger partial charge in [-0.1, -0.05) is 13.8 Å². The third kappa shape index (κ3) is 7.06. The molecule has 4 heterocycles. The van der Waals surface area contributed by atoms with Crippen LogP contribution in [0.25, 0.3) is 5.69 Å². The fourth-order valence-electron chi connectivity index (χ4n) is 6.26. The number of piperazine rings is 1. The van der Waals surface area contributed by atoms with Crippen LogP contribution in [0.3, 0.4) is 0 Å². The monoisotopic (exact) mass is 672 g/mol. The second kappa shape index (κ2) is 13.8. The van der Waals surface area contributed by atoms with Crippen LogP contribution < -0.4 is 20.2 Å². The van der Waals surface area contributed by atoms with Gasteiger partial charge in [0.2, 0.25) is 5.79 Å². The summed E-state index contributed by atoms with van der Waals surface area (Å²) >= 11 is 0. The van der Waals surface area contributed by atoms with Crippen LogP contribution in [0.5, 0.6) is 5.75 Å². The summed E-state index contributed by atoms with van der Waals surface area (Å²) in [5.41, 5.74) is 2.95. The molecular formula is C35H38F2N8O4. The second-order valence-corrected chi connectivity index (χ2v) is 12.7. The number of benzene rings is 3. The Labute approximate surface area is 282 Å². The summed E-state index contributed by atoms with van der Waals surface area (Å²) < 4.78 is 51.4. The van der Waals surface area contributed by atoms with E-state index in [9.17, 15) is 13.6 Å². The molecule has 0 aliphatic carbocycles. The van der Waals surface area contributed by atoms with Crippen LogP contribution in [0.15, 0.2) is 90.5 Å². The average molecular weight is 673 g/mol. The molecule has 2 saturated heterocycles. The highest BCUT2D eigenvalue weighted by Gasteiger charge is 2.46. The lowest BCUT2D eigenvalue weighted by Crippen LogP contribution is -2.46. The molecule has 0 spiro atoms. The number of aromatic nitrogens is 6. The zero-order valence-corrected chi connectivity index (χ0v) is 27.4. The van der Waals surface area contributed by atoms with E-state index >= 15 is 0 Å². The summed E-state index contributed by atoms with van der Waals surface area (Å²) in [5, 5.41) is 8.36. The van der Waals surface area contributed by atoms with Gasteiger partial charge < -0.3 is 24.0 Å². The van der Waals surface area contributed by atoms with Crippen molar-refractivity contribution in [2.45, 2.75) is 38.8 Å². The van der Waals surface area contributed by atoms with Gasteiger partial charge in [0.1, 0.15) is 55.6 Å². The first kappa shape index (κ1) is 32.5. The van der Waals surface area contributed by atoms with Crippen LogP contribution in [-0.2, 0) is 28.4 Å². The Morgan fingerprint density at radius 1 is 0.898 bits per heavy atom. The molecule has 2 aliphatic rings. The summed E-state index contributed by atoms with van der Waals surface area (Å²) in [5.74, 6) is -1.96. The number of halogens is 2. The Bertz CT molecular complexity index is 1910. The Hall–Kier alpha value is -5.08. The zero-order valence-electron chi connectivity index (χ0n) is 27.4. The van der Waals surface area contributed by atoms with Crippen LogP contribution in [0.4, 0.5) is 20.2 Å². The fourth-order valence-corrected chi connectivity index (χ4v) is 6.26. The first-order valence-corrected chi connectivity index (χ1v) is 16.3. The summed E-state index contributed by atoms with van der Waals surface area (Å²) in [6.45, 7) is 8.48. The maximum absolute atomic E-state index is 14.9. The van der Waals surface area contributed by atoms with Gasteiger partial charge in [0, 0.05) is 55.7 Å². The highest BCUT2D eigenvalue weighted by Crippen LogP contribution is 2.38. The van der Waals surface area contributed by atoms with E-state index in [1.807, 2.05) is 36.4 Å². The number of nitrogens with zero attached hydrogens (tertiary/aromatic N) is 8. The van der Waals surface area contributed by atoms with Gasteiger partial charge in [-0.15, -0.1) is 0 Å². The molecule has 2 fully saturated rings. The van der Waals surface area contributed by atoms with Crippen LogP contribution in [0.2, 0.25) is 0 Å². The average Bonchev–Trinajstić information content (AvgIpc) is 3.86. The van der Waals surface area contributed by atoms with Crippen LogP contribution in [0.1, 0.15) is 19.4 Å². The molecule has 5 aromatic rings. The summed E-state index contributed by atoms with van der Waals surface area (Å²) in [7, 11) is 0. The number of ether oxygens (including phenoxy) is 3. The lowest BCUT2D eigenvalue weighted by atomic mass is 10.0. The molecule has 256 valence electrons. The number of rotatable bonds is 11. The zero-order chi connectivity index (χ0) is 34.0. The van der Waals surface area contributed by atoms with E-state index in [-0.39, 0.29) is 31.0 Å². The Kier molecular flexibility index (Phi) is 9.15. The Morgan fingerprint density at radius 2 is 1.57 bits per heavy atom. The number of anilines is 2. The van der Waals surface area contributed by atoms with Gasteiger partial charge in [-0.2, -0.15) is 10.2 Å². The molecule has 49 heavy (non-hydrogen) atoms. The van der Waals surface area contributed by atoms with Crippen molar-refractivity contribution < 1.29 is 23.0 Å². The summed E-state index contributed by atoms with van der Waals surface area (Å²) in [6.07, 6.45) is 3.92. The van der Waals surface area contributed by atoms with E-state index in [1.165, 1.54) is 34.2 Å². The molecule has 12 nitrogen and oxygen atoms in total. The molecule has 0 radical (unpaired) electrons. The van der Waals surface area contributed by atoms with Gasteiger partial charge in [0.15, 0.2) is 0 Å². The third-order valence-electron chi connectivity index (χ3n) is 8.72. The van der Waals surface area contributed by atoms with Crippen molar-refractivity contribution in [3.05, 3.63) is 113 Å². The van der Waals surface area contributed by atoms with Crippen LogP contribution >= 0.6 is 0 Å². The van der Waals surface area contributed by atoms with E-state index in [2.05, 4.69) is 51.0 Å². The van der Waals surface area contributed by atoms with E-state index in [0.29, 0.717) is 18.2 Å². The van der Waals surface area contributed by atoms with Gasteiger partial charge in [0.05, 0.1) is 12.3 Å². The molecule has 7 rings (SSSR count). The topological polar surface area (TPSA) is 105 Å². The first-order valence-electron chi connectivity index (χ1n) is 16.3. The smallest absolute Gasteiger partial charge is 0.350 e. The largest absolute Gasteiger partial charge is 0.491 e. The SMILES string of the molecule is CC(C)Cn1ncn(-c2ccc(N3CCN(c4ccc(OC[C@@H]5CO[C@@](Cn6cncn6)(c6ccc(F)cc6F)O5)cc4)CC3)cc2)c1=O. The molecule has 0 saturated carbocycles. The van der Waals surface area contributed by atoms with Crippen molar-refractivity contribution >= 4 is 11.4 Å². The molecule has 2 aliphatic heterocycles. The maximum atomic E-state index is 14.9. The molecule has 0 N–H and O–H groups in total. The second-order valence-electron chi connectivity index (χ2n) is 12.7. The maximum Gasteiger partial charge on any atom is 0.350 e. The predicted molar refractivity (Wildman–Crippen MR) is 178 cm³/mol. The molecule has 0 bridgehead atoms. The van der Waals surface area contributed by atoms with Crippen molar-refractivity contribution in [3.63, 3.8) is 0 Å². The minimum atomic E-state index is -1.51. The van der Waals surface area contributed by atoms with Crippen molar-refractivity contribution in [3.8, 4) is 11.4 Å². The highest BCUT2D eigenvalue weighted by molar-refractivity contribution is 5.54.